The fraction of sp³-hybridized carbons (Fsp3) is 0.643. The summed E-state index contributed by atoms with van der Waals surface area (Å²) in [5.41, 5.74) is 5.40. The lowest BCUT2D eigenvalue weighted by Crippen LogP contribution is -2.37. The molecule has 0 saturated heterocycles. The molecule has 0 aromatic carbocycles. The van der Waals surface area contributed by atoms with Gasteiger partial charge in [-0.2, -0.15) is 0 Å². The molecule has 0 aliphatic heterocycles. The van der Waals surface area contributed by atoms with Crippen LogP contribution in [-0.4, -0.2) is 28.5 Å². The lowest BCUT2D eigenvalue weighted by Gasteiger charge is -2.25. The molecule has 1 aromatic heterocycles. The molecule has 110 valence electrons. The van der Waals surface area contributed by atoms with Crippen LogP contribution in [0.1, 0.15) is 39.2 Å². The Kier molecular flexibility index (Phi) is 4.42. The van der Waals surface area contributed by atoms with Crippen molar-refractivity contribution in [3.05, 3.63) is 22.7 Å². The van der Waals surface area contributed by atoms with E-state index in [1.165, 1.54) is 0 Å². The molecule has 0 bridgehead atoms. The molecule has 1 heterocycles. The second kappa shape index (κ2) is 6.07. The van der Waals surface area contributed by atoms with E-state index < -0.39 is 0 Å². The van der Waals surface area contributed by atoms with Crippen LogP contribution in [0.2, 0.25) is 0 Å². The summed E-state index contributed by atoms with van der Waals surface area (Å²) >= 11 is 0. The molecule has 6 nitrogen and oxygen atoms in total. The minimum Gasteiger partial charge on any atom is -0.388 e. The van der Waals surface area contributed by atoms with Gasteiger partial charge in [0.2, 0.25) is 0 Å². The van der Waals surface area contributed by atoms with Crippen LogP contribution in [0.5, 0.6) is 0 Å². The van der Waals surface area contributed by atoms with Gasteiger partial charge in [0, 0.05) is 37.9 Å². The van der Waals surface area contributed by atoms with E-state index in [0.717, 1.165) is 19.4 Å². The molecular formula is C14H23N5O. The monoisotopic (exact) mass is 277 g/mol. The first-order chi connectivity index (χ1) is 9.49. The van der Waals surface area contributed by atoms with Gasteiger partial charge in [0.05, 0.1) is 5.84 Å². The van der Waals surface area contributed by atoms with Gasteiger partial charge in [0.25, 0.3) is 5.56 Å². The van der Waals surface area contributed by atoms with Crippen LogP contribution in [-0.2, 0) is 0 Å². The summed E-state index contributed by atoms with van der Waals surface area (Å²) in [6, 6.07) is 0.345. The number of hydrogen-bond acceptors (Lipinski definition) is 4. The zero-order valence-electron chi connectivity index (χ0n) is 12.2. The van der Waals surface area contributed by atoms with Crippen molar-refractivity contribution in [2.45, 2.75) is 39.2 Å². The molecule has 20 heavy (non-hydrogen) atoms. The fourth-order valence-electron chi connectivity index (χ4n) is 2.25. The predicted molar refractivity (Wildman–Crippen MR) is 80.4 cm³/mol. The topological polar surface area (TPSA) is 88.0 Å². The molecule has 0 spiro atoms. The molecule has 1 fully saturated rings. The van der Waals surface area contributed by atoms with Crippen LogP contribution in [0.3, 0.4) is 0 Å². The smallest absolute Gasteiger partial charge is 0.293 e. The van der Waals surface area contributed by atoms with E-state index in [0.29, 0.717) is 30.7 Å². The van der Waals surface area contributed by atoms with E-state index in [9.17, 15) is 4.79 Å². The van der Waals surface area contributed by atoms with Crippen LogP contribution in [0.15, 0.2) is 17.2 Å². The van der Waals surface area contributed by atoms with Gasteiger partial charge in [-0.15, -0.1) is 0 Å². The Morgan fingerprint density at radius 2 is 2.30 bits per heavy atom. The summed E-state index contributed by atoms with van der Waals surface area (Å²) in [7, 11) is 0. The van der Waals surface area contributed by atoms with Gasteiger partial charge in [-0.25, -0.2) is 4.98 Å². The third-order valence-electron chi connectivity index (χ3n) is 3.33. The third kappa shape index (κ3) is 3.59. The van der Waals surface area contributed by atoms with Crippen molar-refractivity contribution in [3.8, 4) is 0 Å². The summed E-state index contributed by atoms with van der Waals surface area (Å²) in [5.74, 6) is 1.03. The Hall–Kier alpha value is -1.85. The van der Waals surface area contributed by atoms with Crippen LogP contribution < -0.4 is 16.2 Å². The van der Waals surface area contributed by atoms with Crippen molar-refractivity contribution in [2.75, 3.05) is 18.0 Å². The maximum Gasteiger partial charge on any atom is 0.293 e. The van der Waals surface area contributed by atoms with E-state index in [2.05, 4.69) is 18.8 Å². The van der Waals surface area contributed by atoms with Crippen molar-refractivity contribution in [2.24, 2.45) is 11.7 Å². The first-order valence-corrected chi connectivity index (χ1v) is 7.14. The van der Waals surface area contributed by atoms with E-state index in [-0.39, 0.29) is 11.4 Å². The van der Waals surface area contributed by atoms with Crippen LogP contribution in [0, 0.1) is 11.3 Å². The molecule has 2 rings (SSSR count). The molecule has 1 saturated carbocycles. The second-order valence-electron chi connectivity index (χ2n) is 5.81. The maximum absolute atomic E-state index is 12.5. The largest absolute Gasteiger partial charge is 0.388 e. The third-order valence-corrected chi connectivity index (χ3v) is 3.33. The predicted octanol–water partition coefficient (Wildman–Crippen LogP) is 1.37. The highest BCUT2D eigenvalue weighted by atomic mass is 16.1. The molecule has 1 aliphatic carbocycles. The summed E-state index contributed by atoms with van der Waals surface area (Å²) in [6.07, 6.45) is 6.05. The second-order valence-corrected chi connectivity index (χ2v) is 5.81. The van der Waals surface area contributed by atoms with Crippen molar-refractivity contribution in [1.82, 2.24) is 9.55 Å². The molecular weight excluding hydrogens is 254 g/mol. The number of rotatable bonds is 7. The Labute approximate surface area is 119 Å². The van der Waals surface area contributed by atoms with Crippen molar-refractivity contribution in [3.63, 3.8) is 0 Å². The molecule has 3 N–H and O–H groups in total. The van der Waals surface area contributed by atoms with Gasteiger partial charge in [-0.05, 0) is 18.8 Å². The average Bonchev–Trinajstić information content (AvgIpc) is 3.18. The molecule has 0 unspecified atom stereocenters. The van der Waals surface area contributed by atoms with Crippen molar-refractivity contribution < 1.29 is 0 Å². The van der Waals surface area contributed by atoms with Crippen molar-refractivity contribution in [1.29, 1.82) is 5.41 Å². The summed E-state index contributed by atoms with van der Waals surface area (Å²) < 4.78 is 1.78. The number of nitrogens with one attached hydrogen (secondary N) is 1. The molecule has 0 radical (unpaired) electrons. The summed E-state index contributed by atoms with van der Waals surface area (Å²) in [6.45, 7) is 5.50. The maximum atomic E-state index is 12.5. The van der Waals surface area contributed by atoms with Gasteiger partial charge in [-0.3, -0.25) is 10.2 Å². The number of hydrogen-bond donors (Lipinski definition) is 2. The Balaban J connectivity index is 2.24. The number of anilines is 1. The molecule has 6 heteroatoms. The Bertz CT molecular complexity index is 533. The Morgan fingerprint density at radius 1 is 1.60 bits per heavy atom. The first-order valence-electron chi connectivity index (χ1n) is 7.14. The van der Waals surface area contributed by atoms with Gasteiger partial charge in [0.1, 0.15) is 0 Å². The normalized spacial score (nSPS) is 14.6. The average molecular weight is 277 g/mol. The molecule has 1 aromatic rings. The minimum absolute atomic E-state index is 0.0285. The highest BCUT2D eigenvalue weighted by molar-refractivity contribution is 5.77. The summed E-state index contributed by atoms with van der Waals surface area (Å²) in [5, 5.41) is 7.35. The minimum atomic E-state index is -0.0285. The number of aromatic nitrogens is 2. The fourth-order valence-corrected chi connectivity index (χ4v) is 2.25. The highest BCUT2D eigenvalue weighted by Gasteiger charge is 2.26. The quantitative estimate of drug-likeness (QED) is 0.582. The summed E-state index contributed by atoms with van der Waals surface area (Å²) in [4.78, 5) is 18.7. The number of nitrogens with two attached hydrogens (primary N) is 1. The SMILES string of the molecule is CC(C)CN(CCC(=N)N)c1nccn(C2CC2)c1=O. The van der Waals surface area contributed by atoms with Crippen molar-refractivity contribution >= 4 is 11.7 Å². The lowest BCUT2D eigenvalue weighted by molar-refractivity contribution is 0.599. The number of nitrogens with zero attached hydrogens (tertiary/aromatic N) is 3. The van der Waals surface area contributed by atoms with E-state index in [1.54, 1.807) is 17.0 Å². The van der Waals surface area contributed by atoms with Crippen LogP contribution in [0.25, 0.3) is 0 Å². The van der Waals surface area contributed by atoms with E-state index in [4.69, 9.17) is 11.1 Å². The lowest BCUT2D eigenvalue weighted by atomic mass is 10.2. The molecule has 0 amide bonds. The van der Waals surface area contributed by atoms with Crippen LogP contribution in [0.4, 0.5) is 5.82 Å². The van der Waals surface area contributed by atoms with Gasteiger partial charge >= 0.3 is 0 Å². The van der Waals surface area contributed by atoms with Crippen LogP contribution >= 0.6 is 0 Å². The van der Waals surface area contributed by atoms with E-state index >= 15 is 0 Å². The zero-order chi connectivity index (χ0) is 14.7. The molecule has 0 atom stereocenters. The Morgan fingerprint density at radius 3 is 2.85 bits per heavy atom. The first kappa shape index (κ1) is 14.6. The van der Waals surface area contributed by atoms with Gasteiger partial charge in [-0.1, -0.05) is 13.8 Å². The standard InChI is InChI=1S/C14H23N5O/c1-10(2)9-18(7-5-12(15)16)13-14(20)19(8-6-17-13)11-3-4-11/h6,8,10-11H,3-5,7,9H2,1-2H3,(H3,15,16). The van der Waals surface area contributed by atoms with E-state index in [1.807, 2.05) is 4.90 Å². The van der Waals surface area contributed by atoms with Gasteiger partial charge in [0.15, 0.2) is 5.82 Å². The number of amidine groups is 1. The highest BCUT2D eigenvalue weighted by Crippen LogP contribution is 2.33. The molecule has 1 aliphatic rings. The van der Waals surface area contributed by atoms with Gasteiger partial charge < -0.3 is 15.2 Å². The zero-order valence-corrected chi connectivity index (χ0v) is 12.2.